The summed E-state index contributed by atoms with van der Waals surface area (Å²) in [5.74, 6) is 1.48. The normalized spacial score (nSPS) is 14.0. The number of hydrogen-bond donors (Lipinski definition) is 2. The van der Waals surface area contributed by atoms with E-state index in [0.29, 0.717) is 34.2 Å². The molecule has 3 aromatic rings. The predicted octanol–water partition coefficient (Wildman–Crippen LogP) is 3.60. The van der Waals surface area contributed by atoms with Gasteiger partial charge in [0.25, 0.3) is 5.91 Å². The second-order valence-corrected chi connectivity index (χ2v) is 6.18. The Morgan fingerprint density at radius 3 is 2.36 bits per heavy atom. The number of fused-ring (bicyclic) bond motifs is 1. The van der Waals surface area contributed by atoms with Gasteiger partial charge in [-0.2, -0.15) is 5.10 Å². The molecule has 0 saturated carbocycles. The topological polar surface area (TPSA) is 85.5 Å². The van der Waals surface area contributed by atoms with Crippen molar-refractivity contribution in [2.45, 2.75) is 0 Å². The number of nitrogens with zero attached hydrogens (tertiary/aromatic N) is 1. The number of carbonyl (C=O) groups excluding carboxylic acids is 1. The highest BCUT2D eigenvalue weighted by atomic mass is 16.5. The number of benzene rings is 2. The van der Waals surface area contributed by atoms with Crippen LogP contribution in [0.15, 0.2) is 42.5 Å². The molecule has 28 heavy (non-hydrogen) atoms. The van der Waals surface area contributed by atoms with E-state index in [4.69, 9.17) is 14.2 Å². The predicted molar refractivity (Wildman–Crippen MR) is 107 cm³/mol. The highest BCUT2D eigenvalue weighted by Gasteiger charge is 2.23. The standard InChI is InChI=1S/C21H19N3O4/c1-26-18-8-12(9-19(27-2)20(18)28-3)17-11-13(23-24-17)10-15-14-6-4-5-7-16(14)22-21(15)25/h4-11H,1-3H3,(H,22,25)(H,23,24)/b15-10-. The van der Waals surface area contributed by atoms with Gasteiger partial charge in [-0.05, 0) is 30.3 Å². The zero-order valence-electron chi connectivity index (χ0n) is 15.7. The first-order valence-corrected chi connectivity index (χ1v) is 8.63. The van der Waals surface area contributed by atoms with Crippen molar-refractivity contribution in [2.24, 2.45) is 0 Å². The molecule has 2 heterocycles. The van der Waals surface area contributed by atoms with Crippen LogP contribution >= 0.6 is 0 Å². The first-order chi connectivity index (χ1) is 13.6. The molecular formula is C21H19N3O4. The third-order valence-electron chi connectivity index (χ3n) is 4.57. The van der Waals surface area contributed by atoms with Crippen molar-refractivity contribution in [3.8, 4) is 28.5 Å². The molecule has 7 heteroatoms. The monoisotopic (exact) mass is 377 g/mol. The van der Waals surface area contributed by atoms with Crippen molar-refractivity contribution in [1.29, 1.82) is 0 Å². The Hall–Kier alpha value is -3.74. The van der Waals surface area contributed by atoms with Gasteiger partial charge in [-0.1, -0.05) is 18.2 Å². The summed E-state index contributed by atoms with van der Waals surface area (Å²) in [6, 6.07) is 13.1. The van der Waals surface area contributed by atoms with Gasteiger partial charge in [0.2, 0.25) is 5.75 Å². The molecule has 0 spiro atoms. The number of aromatic amines is 1. The summed E-state index contributed by atoms with van der Waals surface area (Å²) < 4.78 is 16.2. The van der Waals surface area contributed by atoms with Gasteiger partial charge in [0.15, 0.2) is 11.5 Å². The van der Waals surface area contributed by atoms with Crippen molar-refractivity contribution in [1.82, 2.24) is 10.2 Å². The van der Waals surface area contributed by atoms with Gasteiger partial charge in [0.05, 0.1) is 38.3 Å². The summed E-state index contributed by atoms with van der Waals surface area (Å²) in [6.45, 7) is 0. The number of para-hydroxylation sites is 1. The maximum atomic E-state index is 12.3. The van der Waals surface area contributed by atoms with Gasteiger partial charge >= 0.3 is 0 Å². The maximum Gasteiger partial charge on any atom is 0.256 e. The third kappa shape index (κ3) is 2.96. The molecule has 0 saturated heterocycles. The molecular weight excluding hydrogens is 358 g/mol. The number of aromatic nitrogens is 2. The van der Waals surface area contributed by atoms with Crippen LogP contribution < -0.4 is 19.5 Å². The van der Waals surface area contributed by atoms with Gasteiger partial charge < -0.3 is 19.5 Å². The van der Waals surface area contributed by atoms with Gasteiger partial charge in [-0.25, -0.2) is 0 Å². The summed E-state index contributed by atoms with van der Waals surface area (Å²) in [5, 5.41) is 10.2. The number of ether oxygens (including phenoxy) is 3. The third-order valence-corrected chi connectivity index (χ3v) is 4.57. The second kappa shape index (κ2) is 7.11. The van der Waals surface area contributed by atoms with Crippen molar-refractivity contribution >= 4 is 23.2 Å². The number of anilines is 1. The van der Waals surface area contributed by atoms with Crippen LogP contribution in [0.4, 0.5) is 5.69 Å². The van der Waals surface area contributed by atoms with Crippen LogP contribution in [-0.2, 0) is 4.79 Å². The number of methoxy groups -OCH3 is 3. The van der Waals surface area contributed by atoms with E-state index in [1.807, 2.05) is 42.5 Å². The molecule has 1 aliphatic heterocycles. The fourth-order valence-corrected chi connectivity index (χ4v) is 3.23. The van der Waals surface area contributed by atoms with Crippen LogP contribution in [0, 0.1) is 0 Å². The minimum Gasteiger partial charge on any atom is -0.493 e. The molecule has 0 radical (unpaired) electrons. The number of carbonyl (C=O) groups is 1. The lowest BCUT2D eigenvalue weighted by atomic mass is 10.1. The molecule has 0 aliphatic carbocycles. The van der Waals surface area contributed by atoms with Crippen LogP contribution in [0.25, 0.3) is 22.9 Å². The molecule has 1 amide bonds. The maximum absolute atomic E-state index is 12.3. The number of amides is 1. The zero-order valence-corrected chi connectivity index (χ0v) is 15.7. The molecule has 0 fully saturated rings. The largest absolute Gasteiger partial charge is 0.493 e. The van der Waals surface area contributed by atoms with Gasteiger partial charge in [-0.15, -0.1) is 0 Å². The quantitative estimate of drug-likeness (QED) is 0.664. The van der Waals surface area contributed by atoms with Crippen molar-refractivity contribution in [3.63, 3.8) is 0 Å². The molecule has 0 unspecified atom stereocenters. The fraction of sp³-hybridized carbons (Fsp3) is 0.143. The Labute approximate surface area is 161 Å². The minimum absolute atomic E-state index is 0.134. The van der Waals surface area contributed by atoms with Crippen molar-refractivity contribution < 1.29 is 19.0 Å². The number of H-pyrrole nitrogens is 1. The molecule has 1 aromatic heterocycles. The molecule has 1 aliphatic rings. The number of nitrogens with one attached hydrogen (secondary N) is 2. The summed E-state index contributed by atoms with van der Waals surface area (Å²) in [6.07, 6.45) is 1.79. The molecule has 142 valence electrons. The van der Waals surface area contributed by atoms with Crippen LogP contribution in [0.3, 0.4) is 0 Å². The Morgan fingerprint density at radius 1 is 0.964 bits per heavy atom. The Balaban J connectivity index is 1.72. The van der Waals surface area contributed by atoms with Crippen LogP contribution in [-0.4, -0.2) is 37.4 Å². The van der Waals surface area contributed by atoms with E-state index in [2.05, 4.69) is 15.5 Å². The van der Waals surface area contributed by atoms with E-state index in [1.165, 1.54) is 0 Å². The lowest BCUT2D eigenvalue weighted by molar-refractivity contribution is -0.110. The molecule has 0 atom stereocenters. The summed E-state index contributed by atoms with van der Waals surface area (Å²) in [4.78, 5) is 12.3. The highest BCUT2D eigenvalue weighted by molar-refractivity contribution is 6.34. The van der Waals surface area contributed by atoms with Crippen LogP contribution in [0.1, 0.15) is 11.3 Å². The second-order valence-electron chi connectivity index (χ2n) is 6.18. The lowest BCUT2D eigenvalue weighted by Crippen LogP contribution is -2.03. The first kappa shape index (κ1) is 17.7. The SMILES string of the molecule is COc1cc(-c2cc(/C=C3\C(=O)Nc4ccccc43)[nH]n2)cc(OC)c1OC. The fourth-order valence-electron chi connectivity index (χ4n) is 3.23. The van der Waals surface area contributed by atoms with Gasteiger partial charge in [0.1, 0.15) is 0 Å². The summed E-state index contributed by atoms with van der Waals surface area (Å²) >= 11 is 0. The smallest absolute Gasteiger partial charge is 0.256 e. The average molecular weight is 377 g/mol. The van der Waals surface area contributed by atoms with Crippen LogP contribution in [0.5, 0.6) is 17.2 Å². The molecule has 2 N–H and O–H groups in total. The molecule has 4 rings (SSSR count). The van der Waals surface area contributed by atoms with E-state index < -0.39 is 0 Å². The molecule has 0 bridgehead atoms. The van der Waals surface area contributed by atoms with E-state index in [0.717, 1.165) is 16.8 Å². The van der Waals surface area contributed by atoms with Crippen molar-refractivity contribution in [3.05, 3.63) is 53.7 Å². The van der Waals surface area contributed by atoms with E-state index >= 15 is 0 Å². The van der Waals surface area contributed by atoms with E-state index in [-0.39, 0.29) is 5.91 Å². The first-order valence-electron chi connectivity index (χ1n) is 8.63. The highest BCUT2D eigenvalue weighted by Crippen LogP contribution is 2.41. The van der Waals surface area contributed by atoms with E-state index in [9.17, 15) is 4.79 Å². The van der Waals surface area contributed by atoms with Gasteiger partial charge in [0, 0.05) is 16.8 Å². The Bertz CT molecular complexity index is 1060. The van der Waals surface area contributed by atoms with Gasteiger partial charge in [-0.3, -0.25) is 9.89 Å². The minimum atomic E-state index is -0.134. The number of rotatable bonds is 5. The summed E-state index contributed by atoms with van der Waals surface area (Å²) in [5.41, 5.74) is 4.48. The summed E-state index contributed by atoms with van der Waals surface area (Å²) in [7, 11) is 4.69. The lowest BCUT2D eigenvalue weighted by Gasteiger charge is -2.13. The zero-order chi connectivity index (χ0) is 19.7. The van der Waals surface area contributed by atoms with E-state index in [1.54, 1.807) is 27.4 Å². The molecule has 2 aromatic carbocycles. The Morgan fingerprint density at radius 2 is 1.68 bits per heavy atom. The molecule has 7 nitrogen and oxygen atoms in total. The van der Waals surface area contributed by atoms with Crippen LogP contribution in [0.2, 0.25) is 0 Å². The number of hydrogen-bond acceptors (Lipinski definition) is 5. The average Bonchev–Trinajstić information content (AvgIpc) is 3.31. The Kier molecular flexibility index (Phi) is 4.49. The van der Waals surface area contributed by atoms with Crippen molar-refractivity contribution in [2.75, 3.05) is 26.6 Å².